The number of hydrogen-bond donors (Lipinski definition) is 1. The first-order valence-electron chi connectivity index (χ1n) is 11.7. The highest BCUT2D eigenvalue weighted by atomic mass is 16.2. The Bertz CT molecular complexity index is 706. The summed E-state index contributed by atoms with van der Waals surface area (Å²) in [5, 5.41) is 3.08. The van der Waals surface area contributed by atoms with Crippen LogP contribution in [0.5, 0.6) is 0 Å². The second-order valence-electron chi connectivity index (χ2n) is 9.95. The Morgan fingerprint density at radius 3 is 2.30 bits per heavy atom. The van der Waals surface area contributed by atoms with Gasteiger partial charge in [-0.2, -0.15) is 0 Å². The number of nitrogens with zero attached hydrogens (tertiary/aromatic N) is 2. The van der Waals surface area contributed by atoms with Gasteiger partial charge < -0.3 is 10.2 Å². The van der Waals surface area contributed by atoms with Gasteiger partial charge in [0.15, 0.2) is 0 Å². The van der Waals surface area contributed by atoms with E-state index < -0.39 is 0 Å². The smallest absolute Gasteiger partial charge is 0.225 e. The van der Waals surface area contributed by atoms with Gasteiger partial charge in [0, 0.05) is 45.2 Å². The van der Waals surface area contributed by atoms with Crippen LogP contribution >= 0.6 is 0 Å². The summed E-state index contributed by atoms with van der Waals surface area (Å²) in [7, 11) is 0. The molecule has 1 aromatic carbocycles. The number of carbonyl (C=O) groups is 2. The highest BCUT2D eigenvalue weighted by Gasteiger charge is 2.29. The molecule has 1 N–H and O–H groups in total. The van der Waals surface area contributed by atoms with Crippen molar-refractivity contribution >= 4 is 11.8 Å². The van der Waals surface area contributed by atoms with E-state index in [9.17, 15) is 9.59 Å². The molecule has 30 heavy (non-hydrogen) atoms. The molecule has 3 atom stereocenters. The second-order valence-corrected chi connectivity index (χ2v) is 9.95. The van der Waals surface area contributed by atoms with Crippen molar-refractivity contribution in [2.45, 2.75) is 60.0 Å². The largest absolute Gasteiger partial charge is 0.352 e. The van der Waals surface area contributed by atoms with Crippen LogP contribution in [0.25, 0.3) is 0 Å². The van der Waals surface area contributed by atoms with Crippen LogP contribution in [-0.2, 0) is 22.7 Å². The van der Waals surface area contributed by atoms with Crippen LogP contribution in [0.3, 0.4) is 0 Å². The lowest BCUT2D eigenvalue weighted by Gasteiger charge is -2.35. The predicted octanol–water partition coefficient (Wildman–Crippen LogP) is 3.68. The Labute approximate surface area is 182 Å². The summed E-state index contributed by atoms with van der Waals surface area (Å²) >= 11 is 0. The molecule has 0 radical (unpaired) electrons. The number of piperidine rings is 2. The third-order valence-corrected chi connectivity index (χ3v) is 6.44. The molecule has 0 unspecified atom stereocenters. The van der Waals surface area contributed by atoms with Crippen LogP contribution in [0.1, 0.15) is 58.1 Å². The molecule has 2 saturated heterocycles. The van der Waals surface area contributed by atoms with Gasteiger partial charge in [0.2, 0.25) is 11.8 Å². The van der Waals surface area contributed by atoms with Crippen molar-refractivity contribution in [1.29, 1.82) is 0 Å². The van der Waals surface area contributed by atoms with Gasteiger partial charge in [-0.05, 0) is 42.2 Å². The van der Waals surface area contributed by atoms with E-state index in [4.69, 9.17) is 0 Å². The van der Waals surface area contributed by atoms with Crippen LogP contribution in [-0.4, -0.2) is 47.8 Å². The zero-order chi connectivity index (χ0) is 21.7. The van der Waals surface area contributed by atoms with Crippen LogP contribution in [0.4, 0.5) is 0 Å². The van der Waals surface area contributed by atoms with Crippen molar-refractivity contribution in [3.63, 3.8) is 0 Å². The van der Waals surface area contributed by atoms with Crippen molar-refractivity contribution < 1.29 is 9.59 Å². The minimum Gasteiger partial charge on any atom is -0.352 e. The van der Waals surface area contributed by atoms with E-state index in [2.05, 4.69) is 48.3 Å². The summed E-state index contributed by atoms with van der Waals surface area (Å²) in [6, 6.07) is 8.63. The van der Waals surface area contributed by atoms with E-state index in [1.807, 2.05) is 18.7 Å². The molecule has 2 fully saturated rings. The van der Waals surface area contributed by atoms with Gasteiger partial charge in [0.05, 0.1) is 5.92 Å². The molecule has 2 amide bonds. The lowest BCUT2D eigenvalue weighted by molar-refractivity contribution is -0.138. The molecule has 3 rings (SSSR count). The first-order chi connectivity index (χ1) is 14.3. The lowest BCUT2D eigenvalue weighted by atomic mass is 9.91. The van der Waals surface area contributed by atoms with Gasteiger partial charge in [0.25, 0.3) is 0 Å². The third kappa shape index (κ3) is 6.31. The quantitative estimate of drug-likeness (QED) is 0.774. The second kappa shape index (κ2) is 10.4. The van der Waals surface area contributed by atoms with E-state index in [1.165, 1.54) is 25.1 Å². The maximum Gasteiger partial charge on any atom is 0.225 e. The van der Waals surface area contributed by atoms with E-state index >= 15 is 0 Å². The van der Waals surface area contributed by atoms with E-state index in [1.54, 1.807) is 0 Å². The summed E-state index contributed by atoms with van der Waals surface area (Å²) in [5.41, 5.74) is 2.46. The molecular weight excluding hydrogens is 374 g/mol. The zero-order valence-corrected chi connectivity index (χ0v) is 19.2. The highest BCUT2D eigenvalue weighted by Crippen LogP contribution is 2.23. The van der Waals surface area contributed by atoms with Crippen LogP contribution in [0.15, 0.2) is 24.3 Å². The Balaban J connectivity index is 1.46. The van der Waals surface area contributed by atoms with E-state index in [-0.39, 0.29) is 23.7 Å². The molecule has 0 aliphatic carbocycles. The minimum absolute atomic E-state index is 0.0123. The van der Waals surface area contributed by atoms with Gasteiger partial charge in [0.1, 0.15) is 0 Å². The summed E-state index contributed by atoms with van der Waals surface area (Å²) in [4.78, 5) is 29.3. The highest BCUT2D eigenvalue weighted by molar-refractivity contribution is 5.82. The average Bonchev–Trinajstić information content (AvgIpc) is 2.71. The van der Waals surface area contributed by atoms with Crippen molar-refractivity contribution in [1.82, 2.24) is 15.1 Å². The number of rotatable bonds is 6. The number of amides is 2. The van der Waals surface area contributed by atoms with Crippen molar-refractivity contribution in [3.05, 3.63) is 35.4 Å². The molecule has 0 aromatic heterocycles. The fraction of sp³-hybridized carbons (Fsp3) is 0.680. The fourth-order valence-corrected chi connectivity index (χ4v) is 5.03. The Morgan fingerprint density at radius 1 is 1.03 bits per heavy atom. The molecule has 2 aliphatic heterocycles. The Hall–Kier alpha value is -1.88. The normalized spacial score (nSPS) is 25.4. The van der Waals surface area contributed by atoms with Gasteiger partial charge in [-0.1, -0.05) is 52.0 Å². The topological polar surface area (TPSA) is 52.7 Å². The SMILES string of the molecule is CC(C)C(=O)N1CCC[C@@H](C(=O)NCc2ccc(CN3C[C@H](C)C[C@@H](C)C3)cc2)C1. The fourth-order valence-electron chi connectivity index (χ4n) is 5.03. The minimum atomic E-state index is -0.0937. The monoisotopic (exact) mass is 413 g/mol. The molecule has 2 heterocycles. The Kier molecular flexibility index (Phi) is 7.93. The third-order valence-electron chi connectivity index (χ3n) is 6.44. The predicted molar refractivity (Wildman–Crippen MR) is 121 cm³/mol. The maximum atomic E-state index is 12.6. The van der Waals surface area contributed by atoms with Crippen molar-refractivity contribution in [3.8, 4) is 0 Å². The molecule has 0 bridgehead atoms. The van der Waals surface area contributed by atoms with Gasteiger partial charge in [-0.3, -0.25) is 14.5 Å². The van der Waals surface area contributed by atoms with E-state index in [0.29, 0.717) is 13.1 Å². The number of nitrogens with one attached hydrogen (secondary N) is 1. The number of benzene rings is 1. The summed E-state index contributed by atoms with van der Waals surface area (Å²) in [6.45, 7) is 13.8. The van der Waals surface area contributed by atoms with Crippen LogP contribution in [0, 0.1) is 23.7 Å². The zero-order valence-electron chi connectivity index (χ0n) is 19.2. The number of hydrogen-bond acceptors (Lipinski definition) is 3. The molecule has 2 aliphatic rings. The molecule has 0 saturated carbocycles. The van der Waals surface area contributed by atoms with Gasteiger partial charge in [-0.15, -0.1) is 0 Å². The van der Waals surface area contributed by atoms with Crippen molar-refractivity contribution in [2.75, 3.05) is 26.2 Å². The molecular formula is C25H39N3O2. The molecule has 5 nitrogen and oxygen atoms in total. The summed E-state index contributed by atoms with van der Waals surface area (Å²) in [5.74, 6) is 1.66. The van der Waals surface area contributed by atoms with Crippen molar-refractivity contribution in [2.24, 2.45) is 23.7 Å². The molecule has 1 aromatic rings. The first-order valence-corrected chi connectivity index (χ1v) is 11.7. The van der Waals surface area contributed by atoms with E-state index in [0.717, 1.165) is 43.3 Å². The number of likely N-dealkylation sites (tertiary alicyclic amines) is 2. The van der Waals surface area contributed by atoms with Gasteiger partial charge >= 0.3 is 0 Å². The first kappa shape index (κ1) is 22.8. The molecule has 166 valence electrons. The maximum absolute atomic E-state index is 12.6. The Morgan fingerprint density at radius 2 is 1.67 bits per heavy atom. The average molecular weight is 414 g/mol. The standard InChI is InChI=1S/C25H39N3O2/c1-18(2)25(30)28-11-5-6-23(17-28)24(29)26-13-21-7-9-22(10-8-21)16-27-14-19(3)12-20(4)15-27/h7-10,18-20,23H,5-6,11-17H2,1-4H3,(H,26,29)/t19-,20-,23-/m1/s1. The molecule has 5 heteroatoms. The summed E-state index contributed by atoms with van der Waals surface area (Å²) in [6.07, 6.45) is 3.10. The van der Waals surface area contributed by atoms with Gasteiger partial charge in [-0.25, -0.2) is 0 Å². The number of carbonyl (C=O) groups excluding carboxylic acids is 2. The lowest BCUT2D eigenvalue weighted by Crippen LogP contribution is -2.46. The summed E-state index contributed by atoms with van der Waals surface area (Å²) < 4.78 is 0. The van der Waals surface area contributed by atoms with Crippen LogP contribution < -0.4 is 5.32 Å². The van der Waals surface area contributed by atoms with Crippen LogP contribution in [0.2, 0.25) is 0 Å². The molecule has 0 spiro atoms.